The first kappa shape index (κ1) is 17.2. The third-order valence-electron chi connectivity index (χ3n) is 3.31. The van der Waals surface area contributed by atoms with Crippen LogP contribution in [0.3, 0.4) is 0 Å². The maximum atomic E-state index is 12.5. The van der Waals surface area contributed by atoms with E-state index in [1.807, 2.05) is 30.3 Å². The number of aliphatic imine (C=N–C) groups is 1. The fourth-order valence-electron chi connectivity index (χ4n) is 2.00. The van der Waals surface area contributed by atoms with Gasteiger partial charge in [-0.2, -0.15) is 0 Å². The Bertz CT molecular complexity index is 739. The molecule has 5 heteroatoms. The molecule has 122 valence electrons. The molecule has 0 radical (unpaired) electrons. The van der Waals surface area contributed by atoms with E-state index in [4.69, 9.17) is 0 Å². The molecule has 1 N–H and O–H groups in total. The van der Waals surface area contributed by atoms with Crippen molar-refractivity contribution in [2.24, 2.45) is 10.9 Å². The summed E-state index contributed by atoms with van der Waals surface area (Å²) >= 11 is 0. The maximum Gasteiger partial charge on any atom is 0.263 e. The van der Waals surface area contributed by atoms with Gasteiger partial charge in [0.25, 0.3) is 10.0 Å². The first-order valence-corrected chi connectivity index (χ1v) is 9.15. The summed E-state index contributed by atoms with van der Waals surface area (Å²) in [6, 6.07) is 17.6. The fourth-order valence-corrected chi connectivity index (χ4v) is 3.07. The van der Waals surface area contributed by atoms with Crippen LogP contribution in [0.5, 0.6) is 0 Å². The van der Waals surface area contributed by atoms with Gasteiger partial charge in [0.1, 0.15) is 5.84 Å². The predicted octanol–water partition coefficient (Wildman–Crippen LogP) is 3.46. The topological polar surface area (TPSA) is 58.5 Å². The summed E-state index contributed by atoms with van der Waals surface area (Å²) < 4.78 is 27.7. The molecule has 0 bridgehead atoms. The summed E-state index contributed by atoms with van der Waals surface area (Å²) in [5.41, 5.74) is 0.760. The molecule has 0 amide bonds. The fraction of sp³-hybridized carbons (Fsp3) is 0.278. The van der Waals surface area contributed by atoms with Crippen molar-refractivity contribution < 1.29 is 8.42 Å². The SMILES string of the molecule is CC(C)CCN=C(NS(=O)(=O)c1ccccc1)c1ccccc1. The Morgan fingerprint density at radius 1 is 1.00 bits per heavy atom. The van der Waals surface area contributed by atoms with E-state index in [0.29, 0.717) is 18.3 Å². The molecular formula is C18H22N2O2S. The molecule has 0 unspecified atom stereocenters. The number of rotatable bonds is 6. The zero-order valence-electron chi connectivity index (χ0n) is 13.4. The van der Waals surface area contributed by atoms with E-state index in [-0.39, 0.29) is 4.90 Å². The van der Waals surface area contributed by atoms with Crippen LogP contribution in [0.4, 0.5) is 0 Å². The highest BCUT2D eigenvalue weighted by Crippen LogP contribution is 2.10. The highest BCUT2D eigenvalue weighted by molar-refractivity contribution is 7.90. The van der Waals surface area contributed by atoms with Gasteiger partial charge in [0, 0.05) is 12.1 Å². The molecule has 0 saturated heterocycles. The highest BCUT2D eigenvalue weighted by atomic mass is 32.2. The number of amidine groups is 1. The lowest BCUT2D eigenvalue weighted by atomic mass is 10.1. The highest BCUT2D eigenvalue weighted by Gasteiger charge is 2.16. The molecular weight excluding hydrogens is 308 g/mol. The van der Waals surface area contributed by atoms with E-state index in [9.17, 15) is 8.42 Å². The van der Waals surface area contributed by atoms with E-state index in [0.717, 1.165) is 12.0 Å². The summed E-state index contributed by atoms with van der Waals surface area (Å²) in [4.78, 5) is 4.70. The van der Waals surface area contributed by atoms with Crippen molar-refractivity contribution in [1.82, 2.24) is 4.72 Å². The van der Waals surface area contributed by atoms with Gasteiger partial charge in [0.15, 0.2) is 0 Å². The van der Waals surface area contributed by atoms with Gasteiger partial charge < -0.3 is 0 Å². The molecule has 0 fully saturated rings. The second-order valence-electron chi connectivity index (χ2n) is 5.70. The molecule has 0 aromatic heterocycles. The normalized spacial score (nSPS) is 12.4. The van der Waals surface area contributed by atoms with Crippen molar-refractivity contribution in [3.8, 4) is 0 Å². The van der Waals surface area contributed by atoms with E-state index in [1.165, 1.54) is 0 Å². The maximum absolute atomic E-state index is 12.5. The zero-order valence-corrected chi connectivity index (χ0v) is 14.3. The van der Waals surface area contributed by atoms with Gasteiger partial charge in [0.2, 0.25) is 0 Å². The minimum Gasteiger partial charge on any atom is -0.267 e. The molecule has 0 spiro atoms. The quantitative estimate of drug-likeness (QED) is 0.651. The zero-order chi connectivity index (χ0) is 16.7. The van der Waals surface area contributed by atoms with Gasteiger partial charge in [-0.1, -0.05) is 62.4 Å². The average molecular weight is 330 g/mol. The number of benzene rings is 2. The summed E-state index contributed by atoms with van der Waals surface area (Å²) in [5.74, 6) is 0.900. The summed E-state index contributed by atoms with van der Waals surface area (Å²) in [6.07, 6.45) is 0.906. The van der Waals surface area contributed by atoms with Gasteiger partial charge in [-0.15, -0.1) is 0 Å². The molecule has 2 aromatic rings. The van der Waals surface area contributed by atoms with Crippen LogP contribution in [0.15, 0.2) is 70.6 Å². The van der Waals surface area contributed by atoms with Gasteiger partial charge in [-0.3, -0.25) is 9.71 Å². The Morgan fingerprint density at radius 3 is 2.13 bits per heavy atom. The van der Waals surface area contributed by atoms with Crippen LogP contribution in [0.2, 0.25) is 0 Å². The number of nitrogens with zero attached hydrogens (tertiary/aromatic N) is 1. The third-order valence-corrected chi connectivity index (χ3v) is 4.66. The van der Waals surface area contributed by atoms with E-state index >= 15 is 0 Å². The summed E-state index contributed by atoms with van der Waals surface area (Å²) in [7, 11) is -3.64. The Morgan fingerprint density at radius 2 is 1.57 bits per heavy atom. The lowest BCUT2D eigenvalue weighted by molar-refractivity contribution is 0.590. The Hall–Kier alpha value is -2.14. The second kappa shape index (κ2) is 7.92. The molecule has 23 heavy (non-hydrogen) atoms. The van der Waals surface area contributed by atoms with E-state index in [2.05, 4.69) is 23.6 Å². The first-order valence-electron chi connectivity index (χ1n) is 7.67. The number of nitrogens with one attached hydrogen (secondary N) is 1. The van der Waals surface area contributed by atoms with Crippen molar-refractivity contribution in [1.29, 1.82) is 0 Å². The number of hydrogen-bond donors (Lipinski definition) is 1. The Kier molecular flexibility index (Phi) is 5.93. The molecule has 0 aliphatic rings. The Labute approximate surface area is 138 Å². The minimum absolute atomic E-state index is 0.229. The summed E-state index contributed by atoms with van der Waals surface area (Å²) in [5, 5.41) is 0. The van der Waals surface area contributed by atoms with E-state index < -0.39 is 10.0 Å². The predicted molar refractivity (Wildman–Crippen MR) is 94.1 cm³/mol. The first-order chi connectivity index (χ1) is 11.0. The van der Waals surface area contributed by atoms with Crippen molar-refractivity contribution in [3.63, 3.8) is 0 Å². The molecule has 0 aliphatic carbocycles. The van der Waals surface area contributed by atoms with Crippen LogP contribution in [0.25, 0.3) is 0 Å². The van der Waals surface area contributed by atoms with Crippen molar-refractivity contribution in [3.05, 3.63) is 66.2 Å². The number of hydrogen-bond acceptors (Lipinski definition) is 3. The third kappa shape index (κ3) is 5.21. The monoisotopic (exact) mass is 330 g/mol. The standard InChI is InChI=1S/C18H22N2O2S/c1-15(2)13-14-19-18(16-9-5-3-6-10-16)20-23(21,22)17-11-7-4-8-12-17/h3-12,15H,13-14H2,1-2H3,(H,19,20). The van der Waals surface area contributed by atoms with Gasteiger partial charge in [0.05, 0.1) is 4.90 Å². The molecule has 2 aromatic carbocycles. The van der Waals surface area contributed by atoms with Crippen LogP contribution in [0.1, 0.15) is 25.8 Å². The lowest BCUT2D eigenvalue weighted by Crippen LogP contribution is -2.31. The molecule has 0 aliphatic heterocycles. The summed E-state index contributed by atoms with van der Waals surface area (Å²) in [6.45, 7) is 4.82. The van der Waals surface area contributed by atoms with Crippen LogP contribution >= 0.6 is 0 Å². The molecule has 0 saturated carbocycles. The second-order valence-corrected chi connectivity index (χ2v) is 7.38. The van der Waals surface area contributed by atoms with Crippen LogP contribution in [0, 0.1) is 5.92 Å². The van der Waals surface area contributed by atoms with Gasteiger partial charge >= 0.3 is 0 Å². The molecule has 2 rings (SSSR count). The smallest absolute Gasteiger partial charge is 0.263 e. The van der Waals surface area contributed by atoms with Crippen LogP contribution in [-0.4, -0.2) is 20.8 Å². The van der Waals surface area contributed by atoms with Gasteiger partial charge in [-0.05, 0) is 24.5 Å². The number of sulfonamides is 1. The average Bonchev–Trinajstić information content (AvgIpc) is 2.55. The van der Waals surface area contributed by atoms with Crippen molar-refractivity contribution in [2.45, 2.75) is 25.2 Å². The van der Waals surface area contributed by atoms with Gasteiger partial charge in [-0.25, -0.2) is 8.42 Å². The molecule has 0 atom stereocenters. The minimum atomic E-state index is -3.64. The largest absolute Gasteiger partial charge is 0.267 e. The molecule has 0 heterocycles. The van der Waals surface area contributed by atoms with E-state index in [1.54, 1.807) is 30.3 Å². The Balaban J connectivity index is 2.28. The molecule has 4 nitrogen and oxygen atoms in total. The van der Waals surface area contributed by atoms with Crippen molar-refractivity contribution in [2.75, 3.05) is 6.54 Å². The van der Waals surface area contributed by atoms with Crippen LogP contribution < -0.4 is 4.72 Å². The van der Waals surface area contributed by atoms with Crippen molar-refractivity contribution >= 4 is 15.9 Å². The van der Waals surface area contributed by atoms with Crippen LogP contribution in [-0.2, 0) is 10.0 Å². The lowest BCUT2D eigenvalue weighted by Gasteiger charge is -2.12.